The normalized spacial score (nSPS) is 19.2. The van der Waals surface area contributed by atoms with Gasteiger partial charge in [-0.25, -0.2) is 4.68 Å². The second kappa shape index (κ2) is 9.70. The molecule has 5 rings (SSSR count). The van der Waals surface area contributed by atoms with Crippen LogP contribution in [0.25, 0.3) is 16.9 Å². The van der Waals surface area contributed by atoms with E-state index in [9.17, 15) is 14.4 Å². The van der Waals surface area contributed by atoms with Crippen LogP contribution in [-0.4, -0.2) is 50.9 Å². The molecule has 1 fully saturated rings. The number of nitrogens with zero attached hydrogens (tertiary/aromatic N) is 4. The van der Waals surface area contributed by atoms with Crippen LogP contribution in [0.3, 0.4) is 0 Å². The minimum Gasteiger partial charge on any atom is -0.341 e. The van der Waals surface area contributed by atoms with Crippen molar-refractivity contribution in [2.75, 3.05) is 13.6 Å². The molecule has 1 aliphatic heterocycles. The fourth-order valence-corrected chi connectivity index (χ4v) is 4.91. The lowest BCUT2D eigenvalue weighted by Crippen LogP contribution is -2.36. The molecule has 3 aromatic rings. The van der Waals surface area contributed by atoms with Gasteiger partial charge in [0.05, 0.1) is 23.2 Å². The summed E-state index contributed by atoms with van der Waals surface area (Å²) in [6, 6.07) is 19.7. The van der Waals surface area contributed by atoms with Gasteiger partial charge in [-0.3, -0.25) is 19.3 Å². The van der Waals surface area contributed by atoms with E-state index in [4.69, 9.17) is 5.10 Å². The van der Waals surface area contributed by atoms with Crippen molar-refractivity contribution in [1.29, 1.82) is 0 Å². The molecule has 0 N–H and O–H groups in total. The largest absolute Gasteiger partial charge is 0.341 e. The first-order chi connectivity index (χ1) is 17.0. The van der Waals surface area contributed by atoms with Crippen LogP contribution in [0.5, 0.6) is 0 Å². The summed E-state index contributed by atoms with van der Waals surface area (Å²) in [5.41, 5.74) is 3.64. The van der Waals surface area contributed by atoms with Crippen molar-refractivity contribution in [3.8, 4) is 16.9 Å². The standard InChI is InChI=1S/C28H28N4O3/c1-30(25(33)16-17-31-27(34)23-14-8-9-15-24(23)28(31)35)18-21-19-32(22-12-6-3-7-13-22)29-26(21)20-10-4-2-5-11-20/h2-13,19,23-24H,14-18H2,1H3. The highest BCUT2D eigenvalue weighted by Crippen LogP contribution is 2.35. The fraction of sp³-hybridized carbons (Fsp3) is 0.286. The van der Waals surface area contributed by atoms with Crippen molar-refractivity contribution in [3.63, 3.8) is 0 Å². The summed E-state index contributed by atoms with van der Waals surface area (Å²) in [6.45, 7) is 0.496. The minimum absolute atomic E-state index is 0.105. The number of para-hydroxylation sites is 1. The van der Waals surface area contributed by atoms with Gasteiger partial charge in [-0.2, -0.15) is 5.10 Å². The van der Waals surface area contributed by atoms with Gasteiger partial charge in [-0.05, 0) is 25.0 Å². The molecule has 2 aromatic carbocycles. The maximum atomic E-state index is 13.0. The van der Waals surface area contributed by atoms with E-state index in [1.807, 2.05) is 83.7 Å². The number of hydrogen-bond acceptors (Lipinski definition) is 4. The molecule has 3 amide bonds. The lowest BCUT2D eigenvalue weighted by molar-refractivity contribution is -0.140. The highest BCUT2D eigenvalue weighted by molar-refractivity contribution is 6.05. The Labute approximate surface area is 204 Å². The van der Waals surface area contributed by atoms with E-state index in [0.29, 0.717) is 19.4 Å². The molecule has 0 radical (unpaired) electrons. The van der Waals surface area contributed by atoms with Crippen LogP contribution in [0.1, 0.15) is 24.8 Å². The summed E-state index contributed by atoms with van der Waals surface area (Å²) in [7, 11) is 1.74. The molecule has 1 aromatic heterocycles. The molecule has 7 heteroatoms. The van der Waals surface area contributed by atoms with E-state index >= 15 is 0 Å². The van der Waals surface area contributed by atoms with Crippen LogP contribution < -0.4 is 0 Å². The smallest absolute Gasteiger partial charge is 0.233 e. The number of hydrogen-bond donors (Lipinski definition) is 0. The number of allylic oxidation sites excluding steroid dienone is 2. The van der Waals surface area contributed by atoms with Gasteiger partial charge in [0.25, 0.3) is 0 Å². The molecule has 1 saturated heterocycles. The summed E-state index contributed by atoms with van der Waals surface area (Å²) in [6.07, 6.45) is 7.20. The first-order valence-corrected chi connectivity index (χ1v) is 12.0. The first kappa shape index (κ1) is 22.8. The number of carbonyl (C=O) groups excluding carboxylic acids is 3. The quantitative estimate of drug-likeness (QED) is 0.390. The van der Waals surface area contributed by atoms with Crippen molar-refractivity contribution < 1.29 is 14.4 Å². The maximum absolute atomic E-state index is 13.0. The monoisotopic (exact) mass is 468 g/mol. The molecule has 7 nitrogen and oxygen atoms in total. The maximum Gasteiger partial charge on any atom is 0.233 e. The summed E-state index contributed by atoms with van der Waals surface area (Å²) in [5, 5.41) is 4.81. The van der Waals surface area contributed by atoms with Gasteiger partial charge in [0.1, 0.15) is 0 Å². The topological polar surface area (TPSA) is 75.5 Å². The van der Waals surface area contributed by atoms with Crippen LogP contribution in [0.2, 0.25) is 0 Å². The van der Waals surface area contributed by atoms with E-state index in [1.54, 1.807) is 11.9 Å². The highest BCUT2D eigenvalue weighted by atomic mass is 16.2. The third-order valence-corrected chi connectivity index (χ3v) is 6.84. The number of fused-ring (bicyclic) bond motifs is 1. The predicted molar refractivity (Wildman–Crippen MR) is 132 cm³/mol. The fourth-order valence-electron chi connectivity index (χ4n) is 4.91. The molecule has 35 heavy (non-hydrogen) atoms. The zero-order valence-corrected chi connectivity index (χ0v) is 19.7. The number of benzene rings is 2. The van der Waals surface area contributed by atoms with E-state index < -0.39 is 0 Å². The average molecular weight is 469 g/mol. The Morgan fingerprint density at radius 1 is 0.943 bits per heavy atom. The zero-order chi connectivity index (χ0) is 24.4. The molecule has 0 spiro atoms. The first-order valence-electron chi connectivity index (χ1n) is 12.0. The van der Waals surface area contributed by atoms with Gasteiger partial charge in [-0.15, -0.1) is 0 Å². The predicted octanol–water partition coefficient (Wildman–Crippen LogP) is 3.84. The third-order valence-electron chi connectivity index (χ3n) is 6.84. The number of imide groups is 1. The van der Waals surface area contributed by atoms with Crippen LogP contribution in [-0.2, 0) is 20.9 Å². The third kappa shape index (κ3) is 4.54. The van der Waals surface area contributed by atoms with Crippen LogP contribution in [0.4, 0.5) is 0 Å². The number of likely N-dealkylation sites (tertiary alicyclic amines) is 1. The second-order valence-electron chi connectivity index (χ2n) is 9.13. The van der Waals surface area contributed by atoms with Gasteiger partial charge >= 0.3 is 0 Å². The summed E-state index contributed by atoms with van der Waals surface area (Å²) < 4.78 is 1.83. The molecule has 2 aliphatic rings. The van der Waals surface area contributed by atoms with Crippen molar-refractivity contribution in [2.24, 2.45) is 11.8 Å². The molecule has 2 unspecified atom stereocenters. The summed E-state index contributed by atoms with van der Waals surface area (Å²) in [5.74, 6) is -0.939. The molecule has 2 atom stereocenters. The van der Waals surface area contributed by atoms with Crippen molar-refractivity contribution >= 4 is 17.7 Å². The van der Waals surface area contributed by atoms with Crippen molar-refractivity contribution in [2.45, 2.75) is 25.8 Å². The zero-order valence-electron chi connectivity index (χ0n) is 19.7. The molecular weight excluding hydrogens is 440 g/mol. The van der Waals surface area contributed by atoms with E-state index in [-0.39, 0.29) is 42.5 Å². The number of rotatable bonds is 7. The molecule has 1 aliphatic carbocycles. The molecule has 2 heterocycles. The summed E-state index contributed by atoms with van der Waals surface area (Å²) >= 11 is 0. The Balaban J connectivity index is 1.30. The van der Waals surface area contributed by atoms with Gasteiger partial charge in [0, 0.05) is 43.9 Å². The Bertz CT molecular complexity index is 1240. The lowest BCUT2D eigenvalue weighted by Gasteiger charge is -2.20. The van der Waals surface area contributed by atoms with E-state index in [1.165, 1.54) is 4.90 Å². The minimum atomic E-state index is -0.266. The van der Waals surface area contributed by atoms with Gasteiger partial charge in [-0.1, -0.05) is 60.7 Å². The Morgan fingerprint density at radius 3 is 2.17 bits per heavy atom. The lowest BCUT2D eigenvalue weighted by atomic mass is 9.85. The SMILES string of the molecule is CN(Cc1cn(-c2ccccc2)nc1-c1ccccc1)C(=O)CCN1C(=O)C2CC=CCC2C1=O. The number of carbonyl (C=O) groups is 3. The molecule has 0 saturated carbocycles. The molecule has 178 valence electrons. The van der Waals surface area contributed by atoms with E-state index in [2.05, 4.69) is 0 Å². The Morgan fingerprint density at radius 2 is 1.54 bits per heavy atom. The Hall–Kier alpha value is -4.00. The second-order valence-corrected chi connectivity index (χ2v) is 9.13. The van der Waals surface area contributed by atoms with Crippen molar-refractivity contribution in [3.05, 3.63) is 84.6 Å². The van der Waals surface area contributed by atoms with Gasteiger partial charge in [0.2, 0.25) is 17.7 Å². The Kier molecular flexibility index (Phi) is 6.31. The summed E-state index contributed by atoms with van der Waals surface area (Å²) in [4.78, 5) is 41.3. The van der Waals surface area contributed by atoms with Crippen LogP contribution >= 0.6 is 0 Å². The van der Waals surface area contributed by atoms with Gasteiger partial charge < -0.3 is 4.90 Å². The van der Waals surface area contributed by atoms with Crippen LogP contribution in [0, 0.1) is 11.8 Å². The molecular formula is C28H28N4O3. The van der Waals surface area contributed by atoms with E-state index in [0.717, 1.165) is 22.5 Å². The number of aromatic nitrogens is 2. The van der Waals surface area contributed by atoms with Crippen LogP contribution in [0.15, 0.2) is 79.0 Å². The highest BCUT2D eigenvalue weighted by Gasteiger charge is 2.46. The number of amides is 3. The van der Waals surface area contributed by atoms with Gasteiger partial charge in [0.15, 0.2) is 0 Å². The molecule has 0 bridgehead atoms. The average Bonchev–Trinajstić information content (AvgIpc) is 3.42. The van der Waals surface area contributed by atoms with Crippen molar-refractivity contribution in [1.82, 2.24) is 19.6 Å².